The first-order chi connectivity index (χ1) is 13.9. The van der Waals surface area contributed by atoms with Gasteiger partial charge in [0.05, 0.1) is 12.1 Å². The van der Waals surface area contributed by atoms with Crippen LogP contribution in [0.1, 0.15) is 18.2 Å². The van der Waals surface area contributed by atoms with Crippen LogP contribution in [0.2, 0.25) is 0 Å². The molecule has 0 radical (unpaired) electrons. The van der Waals surface area contributed by atoms with E-state index in [1.54, 1.807) is 0 Å². The third-order valence-corrected chi connectivity index (χ3v) is 4.33. The first-order valence-corrected chi connectivity index (χ1v) is 9.14. The largest absolute Gasteiger partial charge is 0.493 e. The Bertz CT molecular complexity index is 1070. The lowest BCUT2D eigenvalue weighted by atomic mass is 10.0. The van der Waals surface area contributed by atoms with Crippen LogP contribution in [0.4, 0.5) is 5.69 Å². The van der Waals surface area contributed by atoms with Gasteiger partial charge in [0, 0.05) is 19.2 Å². The number of aromatic nitrogens is 2. The minimum absolute atomic E-state index is 0.103. The monoisotopic (exact) mass is 394 g/mol. The zero-order valence-electron chi connectivity index (χ0n) is 15.9. The van der Waals surface area contributed by atoms with E-state index in [-0.39, 0.29) is 29.8 Å². The van der Waals surface area contributed by atoms with Crippen molar-refractivity contribution in [2.75, 3.05) is 11.9 Å². The Balaban J connectivity index is 1.53. The highest BCUT2D eigenvalue weighted by atomic mass is 16.3. The highest BCUT2D eigenvalue weighted by molar-refractivity contribution is 5.89. The molecule has 3 aromatic rings. The Morgan fingerprint density at radius 2 is 1.79 bits per heavy atom. The molecule has 8 nitrogen and oxygen atoms in total. The SMILES string of the molecule is CC(=O)Nc1cccc(-c2ccc(CCNC(=O)Cc3[nH]c(=O)[nH]c3O)cc2)c1. The minimum Gasteiger partial charge on any atom is -0.493 e. The number of amides is 2. The van der Waals surface area contributed by atoms with Gasteiger partial charge >= 0.3 is 5.69 Å². The Morgan fingerprint density at radius 1 is 1.03 bits per heavy atom. The number of hydrogen-bond donors (Lipinski definition) is 5. The fraction of sp³-hybridized carbons (Fsp3) is 0.190. The fourth-order valence-electron chi connectivity index (χ4n) is 2.95. The molecule has 0 fully saturated rings. The van der Waals surface area contributed by atoms with Crippen molar-refractivity contribution >= 4 is 17.5 Å². The lowest BCUT2D eigenvalue weighted by Crippen LogP contribution is -2.27. The number of hydrogen-bond acceptors (Lipinski definition) is 4. The van der Waals surface area contributed by atoms with Gasteiger partial charge in [0.1, 0.15) is 0 Å². The highest BCUT2D eigenvalue weighted by Gasteiger charge is 2.10. The van der Waals surface area contributed by atoms with Crippen LogP contribution >= 0.6 is 0 Å². The Hall–Kier alpha value is -3.81. The molecule has 1 heterocycles. The number of carbonyl (C=O) groups excluding carboxylic acids is 2. The second kappa shape index (κ2) is 8.92. The average molecular weight is 394 g/mol. The predicted molar refractivity (Wildman–Crippen MR) is 110 cm³/mol. The molecular weight excluding hydrogens is 372 g/mol. The van der Waals surface area contributed by atoms with Crippen LogP contribution in [-0.2, 0) is 22.4 Å². The van der Waals surface area contributed by atoms with Gasteiger partial charge < -0.3 is 20.7 Å². The van der Waals surface area contributed by atoms with Crippen LogP contribution in [0, 0.1) is 0 Å². The maximum absolute atomic E-state index is 11.9. The van der Waals surface area contributed by atoms with Gasteiger partial charge in [0.2, 0.25) is 17.7 Å². The van der Waals surface area contributed by atoms with Crippen LogP contribution in [-0.4, -0.2) is 33.4 Å². The number of imidazole rings is 1. The molecule has 5 N–H and O–H groups in total. The third-order valence-electron chi connectivity index (χ3n) is 4.33. The van der Waals surface area contributed by atoms with E-state index >= 15 is 0 Å². The van der Waals surface area contributed by atoms with E-state index in [1.807, 2.05) is 48.5 Å². The molecule has 150 valence electrons. The van der Waals surface area contributed by atoms with Crippen molar-refractivity contribution in [2.45, 2.75) is 19.8 Å². The molecule has 2 amide bonds. The van der Waals surface area contributed by atoms with Gasteiger partial charge in [-0.1, -0.05) is 36.4 Å². The summed E-state index contributed by atoms with van der Waals surface area (Å²) >= 11 is 0. The number of nitrogens with one attached hydrogen (secondary N) is 4. The molecular formula is C21H22N4O4. The highest BCUT2D eigenvalue weighted by Crippen LogP contribution is 2.23. The molecule has 2 aromatic carbocycles. The molecule has 0 aliphatic rings. The van der Waals surface area contributed by atoms with Gasteiger partial charge in [-0.15, -0.1) is 0 Å². The van der Waals surface area contributed by atoms with Crippen LogP contribution in [0.15, 0.2) is 53.3 Å². The fourth-order valence-corrected chi connectivity index (χ4v) is 2.95. The lowest BCUT2D eigenvalue weighted by molar-refractivity contribution is -0.120. The number of rotatable bonds is 7. The van der Waals surface area contributed by atoms with E-state index in [0.717, 1.165) is 22.4 Å². The Morgan fingerprint density at radius 3 is 2.45 bits per heavy atom. The molecule has 29 heavy (non-hydrogen) atoms. The number of carbonyl (C=O) groups is 2. The van der Waals surface area contributed by atoms with Crippen LogP contribution in [0.25, 0.3) is 11.1 Å². The minimum atomic E-state index is -0.548. The average Bonchev–Trinajstić information content (AvgIpc) is 2.99. The molecule has 0 aliphatic carbocycles. The summed E-state index contributed by atoms with van der Waals surface area (Å²) in [6, 6.07) is 15.6. The first-order valence-electron chi connectivity index (χ1n) is 9.14. The van der Waals surface area contributed by atoms with Crippen LogP contribution in [0.3, 0.4) is 0 Å². The van der Waals surface area contributed by atoms with Crippen LogP contribution in [0.5, 0.6) is 5.88 Å². The lowest BCUT2D eigenvalue weighted by Gasteiger charge is -2.08. The van der Waals surface area contributed by atoms with E-state index in [1.165, 1.54) is 6.92 Å². The van der Waals surface area contributed by atoms with Crippen molar-refractivity contribution in [2.24, 2.45) is 0 Å². The van der Waals surface area contributed by atoms with E-state index in [4.69, 9.17) is 0 Å². The number of aromatic hydroxyl groups is 1. The van der Waals surface area contributed by atoms with Gasteiger partial charge in [0.15, 0.2) is 0 Å². The molecule has 0 saturated heterocycles. The second-order valence-electron chi connectivity index (χ2n) is 6.64. The number of aromatic amines is 2. The Labute approximate surface area is 167 Å². The summed E-state index contributed by atoms with van der Waals surface area (Å²) in [4.78, 5) is 38.7. The smallest absolute Gasteiger partial charge is 0.325 e. The normalized spacial score (nSPS) is 10.5. The zero-order chi connectivity index (χ0) is 20.8. The number of H-pyrrole nitrogens is 2. The second-order valence-corrected chi connectivity index (χ2v) is 6.64. The van der Waals surface area contributed by atoms with Crippen molar-refractivity contribution in [3.8, 4) is 17.0 Å². The number of anilines is 1. The maximum Gasteiger partial charge on any atom is 0.325 e. The van der Waals surface area contributed by atoms with Crippen molar-refractivity contribution in [1.29, 1.82) is 0 Å². The van der Waals surface area contributed by atoms with E-state index in [0.29, 0.717) is 13.0 Å². The van der Waals surface area contributed by atoms with Gasteiger partial charge in [-0.25, -0.2) is 4.79 Å². The van der Waals surface area contributed by atoms with Crippen molar-refractivity contribution in [3.63, 3.8) is 0 Å². The molecule has 0 aliphatic heterocycles. The summed E-state index contributed by atoms with van der Waals surface area (Å²) in [6.45, 7) is 1.91. The molecule has 0 spiro atoms. The summed E-state index contributed by atoms with van der Waals surface area (Å²) in [6.07, 6.45) is 0.543. The summed E-state index contributed by atoms with van der Waals surface area (Å²) in [5.41, 5.74) is 3.45. The zero-order valence-corrected chi connectivity index (χ0v) is 15.9. The molecule has 0 saturated carbocycles. The van der Waals surface area contributed by atoms with E-state index in [2.05, 4.69) is 20.6 Å². The topological polar surface area (TPSA) is 127 Å². The summed E-state index contributed by atoms with van der Waals surface area (Å²) < 4.78 is 0. The predicted octanol–water partition coefficient (Wildman–Crippen LogP) is 1.94. The van der Waals surface area contributed by atoms with E-state index < -0.39 is 5.69 Å². The molecule has 0 unspecified atom stereocenters. The van der Waals surface area contributed by atoms with Gasteiger partial charge in [-0.2, -0.15) is 0 Å². The standard InChI is InChI=1S/C21H22N4O4/c1-13(26)23-17-4-2-3-16(11-17)15-7-5-14(6-8-15)9-10-22-19(27)12-18-20(28)25-21(29)24-18/h2-8,11,28H,9-10,12H2,1H3,(H,22,27)(H,23,26)(H2,24,25,29). The Kier molecular flexibility index (Phi) is 6.13. The first kappa shape index (κ1) is 19.9. The van der Waals surface area contributed by atoms with Crippen molar-refractivity contribution < 1.29 is 14.7 Å². The van der Waals surface area contributed by atoms with Gasteiger partial charge in [-0.05, 0) is 35.2 Å². The van der Waals surface area contributed by atoms with Gasteiger partial charge in [-0.3, -0.25) is 14.6 Å². The molecule has 0 atom stereocenters. The van der Waals surface area contributed by atoms with Crippen LogP contribution < -0.4 is 16.3 Å². The molecule has 1 aromatic heterocycles. The van der Waals surface area contributed by atoms with Gasteiger partial charge in [0.25, 0.3) is 0 Å². The summed E-state index contributed by atoms with van der Waals surface area (Å²) in [7, 11) is 0. The molecule has 0 bridgehead atoms. The maximum atomic E-state index is 11.9. The third kappa shape index (κ3) is 5.58. The molecule has 3 rings (SSSR count). The number of benzene rings is 2. The molecule has 8 heteroatoms. The summed E-state index contributed by atoms with van der Waals surface area (Å²) in [5, 5.41) is 15.0. The quantitative estimate of drug-likeness (QED) is 0.420. The van der Waals surface area contributed by atoms with E-state index in [9.17, 15) is 19.5 Å². The van der Waals surface area contributed by atoms with Crippen molar-refractivity contribution in [3.05, 3.63) is 70.3 Å². The summed E-state index contributed by atoms with van der Waals surface area (Å²) in [5.74, 6) is -0.720. The van der Waals surface area contributed by atoms with Crippen molar-refractivity contribution in [1.82, 2.24) is 15.3 Å².